The topological polar surface area (TPSA) is 91.5 Å². The van der Waals surface area contributed by atoms with Crippen molar-refractivity contribution in [1.82, 2.24) is 9.97 Å². The Morgan fingerprint density at radius 3 is 2.28 bits per heavy atom. The molecule has 0 bridgehead atoms. The van der Waals surface area contributed by atoms with Gasteiger partial charge < -0.3 is 25.3 Å². The SMILES string of the molecule is COc1cc(Nc2nc(N)c(-c3nc(-c4ccc(C)cc4C)cs3)s2)cc(OC)c1OC. The van der Waals surface area contributed by atoms with Crippen LogP contribution < -0.4 is 25.3 Å². The summed E-state index contributed by atoms with van der Waals surface area (Å²) < 4.78 is 16.2. The van der Waals surface area contributed by atoms with Gasteiger partial charge in [0.25, 0.3) is 0 Å². The molecule has 0 spiro atoms. The Kier molecular flexibility index (Phi) is 6.20. The van der Waals surface area contributed by atoms with Crippen molar-refractivity contribution in [1.29, 1.82) is 0 Å². The van der Waals surface area contributed by atoms with Crippen molar-refractivity contribution in [3.8, 4) is 38.4 Å². The third kappa shape index (κ3) is 4.21. The van der Waals surface area contributed by atoms with E-state index < -0.39 is 0 Å². The summed E-state index contributed by atoms with van der Waals surface area (Å²) in [6, 6.07) is 10.0. The fraction of sp³-hybridized carbons (Fsp3) is 0.217. The van der Waals surface area contributed by atoms with Crippen LogP contribution in [-0.4, -0.2) is 31.3 Å². The molecule has 0 unspecified atom stereocenters. The third-order valence-electron chi connectivity index (χ3n) is 4.93. The van der Waals surface area contributed by atoms with Crippen LogP contribution >= 0.6 is 22.7 Å². The zero-order chi connectivity index (χ0) is 22.8. The highest BCUT2D eigenvalue weighted by Gasteiger charge is 2.18. The minimum absolute atomic E-state index is 0.437. The smallest absolute Gasteiger partial charge is 0.203 e. The van der Waals surface area contributed by atoms with Crippen LogP contribution in [0.4, 0.5) is 16.6 Å². The summed E-state index contributed by atoms with van der Waals surface area (Å²) in [5, 5.41) is 6.82. The van der Waals surface area contributed by atoms with E-state index in [4.69, 9.17) is 24.9 Å². The number of aryl methyl sites for hydroxylation is 2. The lowest BCUT2D eigenvalue weighted by atomic mass is 10.0. The summed E-state index contributed by atoms with van der Waals surface area (Å²) in [6.45, 7) is 4.19. The van der Waals surface area contributed by atoms with Crippen LogP contribution in [-0.2, 0) is 0 Å². The number of nitrogens with one attached hydrogen (secondary N) is 1. The summed E-state index contributed by atoms with van der Waals surface area (Å²) in [4.78, 5) is 10.1. The standard InChI is InChI=1S/C23H24N4O3S2/c1-12-6-7-15(13(2)8-12)16-11-31-22(26-16)20-21(24)27-23(32-20)25-14-9-17(28-3)19(30-5)18(10-14)29-4/h6-11H,24H2,1-5H3,(H,25,27). The molecule has 0 atom stereocenters. The summed E-state index contributed by atoms with van der Waals surface area (Å²) in [6.07, 6.45) is 0. The number of thiazole rings is 2. The highest BCUT2D eigenvalue weighted by Crippen LogP contribution is 2.43. The average molecular weight is 469 g/mol. The van der Waals surface area contributed by atoms with E-state index in [1.807, 2.05) is 12.1 Å². The summed E-state index contributed by atoms with van der Waals surface area (Å²) in [5.74, 6) is 2.07. The molecule has 166 valence electrons. The quantitative estimate of drug-likeness (QED) is 0.349. The maximum Gasteiger partial charge on any atom is 0.203 e. The first kappa shape index (κ1) is 21.9. The predicted octanol–water partition coefficient (Wildman–Crippen LogP) is 5.90. The molecule has 0 aliphatic carbocycles. The predicted molar refractivity (Wildman–Crippen MR) is 132 cm³/mol. The van der Waals surface area contributed by atoms with Crippen molar-refractivity contribution >= 4 is 39.3 Å². The van der Waals surface area contributed by atoms with Gasteiger partial charge in [0.1, 0.15) is 15.7 Å². The summed E-state index contributed by atoms with van der Waals surface area (Å²) >= 11 is 3.00. The van der Waals surface area contributed by atoms with E-state index in [1.165, 1.54) is 22.5 Å². The zero-order valence-corrected chi connectivity index (χ0v) is 20.1. The van der Waals surface area contributed by atoms with Gasteiger partial charge in [0, 0.05) is 28.8 Å². The molecule has 2 aromatic carbocycles. The van der Waals surface area contributed by atoms with Crippen LogP contribution in [0, 0.1) is 13.8 Å². The summed E-state index contributed by atoms with van der Waals surface area (Å²) in [5.41, 5.74) is 11.5. The zero-order valence-electron chi connectivity index (χ0n) is 18.5. The first-order chi connectivity index (χ1) is 15.4. The van der Waals surface area contributed by atoms with E-state index in [9.17, 15) is 0 Å². The minimum atomic E-state index is 0.437. The molecule has 4 aromatic rings. The molecule has 0 fully saturated rings. The Morgan fingerprint density at radius 2 is 1.66 bits per heavy atom. The monoisotopic (exact) mass is 468 g/mol. The fourth-order valence-electron chi connectivity index (χ4n) is 3.42. The Labute approximate surface area is 194 Å². The minimum Gasteiger partial charge on any atom is -0.493 e. The Hall–Kier alpha value is -3.30. The lowest BCUT2D eigenvalue weighted by Crippen LogP contribution is -1.97. The van der Waals surface area contributed by atoms with Gasteiger partial charge in [0.05, 0.1) is 27.0 Å². The maximum absolute atomic E-state index is 6.24. The lowest BCUT2D eigenvalue weighted by molar-refractivity contribution is 0.324. The molecule has 2 heterocycles. The molecule has 0 aliphatic heterocycles. The number of nitrogen functional groups attached to an aromatic ring is 1. The van der Waals surface area contributed by atoms with Gasteiger partial charge in [0.15, 0.2) is 16.6 Å². The second kappa shape index (κ2) is 9.05. The molecule has 0 saturated carbocycles. The van der Waals surface area contributed by atoms with Crippen molar-refractivity contribution in [3.63, 3.8) is 0 Å². The summed E-state index contributed by atoms with van der Waals surface area (Å²) in [7, 11) is 4.73. The molecule has 0 radical (unpaired) electrons. The van der Waals surface area contributed by atoms with Gasteiger partial charge in [-0.3, -0.25) is 0 Å². The van der Waals surface area contributed by atoms with Crippen LogP contribution in [0.25, 0.3) is 21.1 Å². The van der Waals surface area contributed by atoms with Gasteiger partial charge in [-0.25, -0.2) is 9.97 Å². The Morgan fingerprint density at radius 1 is 0.938 bits per heavy atom. The van der Waals surface area contributed by atoms with Crippen molar-refractivity contribution in [2.24, 2.45) is 0 Å². The molecular formula is C23H24N4O3S2. The first-order valence-corrected chi connectivity index (χ1v) is 11.5. The number of nitrogens with two attached hydrogens (primary N) is 1. The van der Waals surface area contributed by atoms with Crippen LogP contribution in [0.5, 0.6) is 17.2 Å². The number of anilines is 3. The second-order valence-electron chi connectivity index (χ2n) is 7.13. The maximum atomic E-state index is 6.24. The molecule has 0 aliphatic rings. The Bertz CT molecular complexity index is 1240. The first-order valence-electron chi connectivity index (χ1n) is 9.80. The van der Waals surface area contributed by atoms with Gasteiger partial charge >= 0.3 is 0 Å². The van der Waals surface area contributed by atoms with Crippen LogP contribution in [0.1, 0.15) is 11.1 Å². The number of ether oxygens (including phenoxy) is 3. The molecule has 2 aromatic heterocycles. The molecule has 0 amide bonds. The van der Waals surface area contributed by atoms with Crippen molar-refractivity contribution in [2.75, 3.05) is 32.4 Å². The van der Waals surface area contributed by atoms with Crippen molar-refractivity contribution < 1.29 is 14.2 Å². The van der Waals surface area contributed by atoms with Crippen molar-refractivity contribution in [3.05, 3.63) is 46.8 Å². The number of rotatable bonds is 7. The number of benzene rings is 2. The molecule has 7 nitrogen and oxygen atoms in total. The van der Waals surface area contributed by atoms with Gasteiger partial charge in [-0.15, -0.1) is 11.3 Å². The van der Waals surface area contributed by atoms with Crippen molar-refractivity contribution in [2.45, 2.75) is 13.8 Å². The largest absolute Gasteiger partial charge is 0.493 e. The highest BCUT2D eigenvalue weighted by molar-refractivity contribution is 7.23. The molecule has 3 N–H and O–H groups in total. The van der Waals surface area contributed by atoms with Gasteiger partial charge in [-0.1, -0.05) is 35.1 Å². The normalized spacial score (nSPS) is 10.8. The lowest BCUT2D eigenvalue weighted by Gasteiger charge is -2.14. The van der Waals surface area contributed by atoms with Crippen LogP contribution in [0.3, 0.4) is 0 Å². The molecule has 32 heavy (non-hydrogen) atoms. The number of methoxy groups -OCH3 is 3. The van der Waals surface area contributed by atoms with Crippen LogP contribution in [0.2, 0.25) is 0 Å². The molecule has 9 heteroatoms. The van der Waals surface area contributed by atoms with E-state index in [0.29, 0.717) is 28.2 Å². The van der Waals surface area contributed by atoms with E-state index in [1.54, 1.807) is 32.7 Å². The molecule has 0 saturated heterocycles. The van der Waals surface area contributed by atoms with Crippen LogP contribution in [0.15, 0.2) is 35.7 Å². The van der Waals surface area contributed by atoms with Gasteiger partial charge in [-0.05, 0) is 19.4 Å². The fourth-order valence-corrected chi connectivity index (χ4v) is 5.24. The highest BCUT2D eigenvalue weighted by atomic mass is 32.1. The third-order valence-corrected chi connectivity index (χ3v) is 6.91. The average Bonchev–Trinajstić information content (AvgIpc) is 3.39. The number of hydrogen-bond acceptors (Lipinski definition) is 9. The van der Waals surface area contributed by atoms with E-state index >= 15 is 0 Å². The Balaban J connectivity index is 1.63. The van der Waals surface area contributed by atoms with Gasteiger partial charge in [0.2, 0.25) is 5.75 Å². The molecular weight excluding hydrogens is 444 g/mol. The van der Waals surface area contributed by atoms with Gasteiger partial charge in [-0.2, -0.15) is 0 Å². The second-order valence-corrected chi connectivity index (χ2v) is 8.99. The molecule has 4 rings (SSSR count). The van der Waals surface area contributed by atoms with E-state index in [0.717, 1.165) is 26.8 Å². The number of aromatic nitrogens is 2. The number of nitrogens with zero attached hydrogens (tertiary/aromatic N) is 2. The van der Waals surface area contributed by atoms with E-state index in [2.05, 4.69) is 47.7 Å². The van der Waals surface area contributed by atoms with E-state index in [-0.39, 0.29) is 0 Å². The number of hydrogen-bond donors (Lipinski definition) is 2.